The highest BCUT2D eigenvalue weighted by Gasteiger charge is 2.01. The number of aromatic nitrogens is 1. The summed E-state index contributed by atoms with van der Waals surface area (Å²) in [6.07, 6.45) is 1.34. The van der Waals surface area contributed by atoms with Gasteiger partial charge < -0.3 is 5.32 Å². The highest BCUT2D eigenvalue weighted by Crippen LogP contribution is 2.22. The first-order valence-corrected chi connectivity index (χ1v) is 4.86. The average molecular weight is 241 g/mol. The molecule has 0 aliphatic carbocycles. The number of anilines is 2. The molecule has 0 spiro atoms. The number of rotatable bonds is 2. The highest BCUT2D eigenvalue weighted by molar-refractivity contribution is 6.31. The van der Waals surface area contributed by atoms with Crippen molar-refractivity contribution in [2.75, 3.05) is 5.32 Å². The van der Waals surface area contributed by atoms with Crippen molar-refractivity contribution in [2.45, 2.75) is 0 Å². The SMILES string of the molecule is Fc1cc(Nc2ccc(F)c(Cl)c2)ccn1. The van der Waals surface area contributed by atoms with Crippen LogP contribution in [0.3, 0.4) is 0 Å². The van der Waals surface area contributed by atoms with Crippen molar-refractivity contribution < 1.29 is 8.78 Å². The molecule has 1 heterocycles. The number of pyridine rings is 1. The highest BCUT2D eigenvalue weighted by atomic mass is 35.5. The fourth-order valence-corrected chi connectivity index (χ4v) is 1.40. The molecule has 82 valence electrons. The number of hydrogen-bond acceptors (Lipinski definition) is 2. The summed E-state index contributed by atoms with van der Waals surface area (Å²) in [4.78, 5) is 3.42. The van der Waals surface area contributed by atoms with Crippen molar-refractivity contribution in [3.05, 3.63) is 53.3 Å². The first-order valence-electron chi connectivity index (χ1n) is 4.49. The van der Waals surface area contributed by atoms with Gasteiger partial charge in [0.25, 0.3) is 0 Å². The second-order valence-corrected chi connectivity index (χ2v) is 3.53. The van der Waals surface area contributed by atoms with Crippen LogP contribution in [0.15, 0.2) is 36.5 Å². The van der Waals surface area contributed by atoms with Gasteiger partial charge in [0, 0.05) is 23.6 Å². The Balaban J connectivity index is 2.24. The van der Waals surface area contributed by atoms with Crippen LogP contribution >= 0.6 is 11.6 Å². The average Bonchev–Trinajstić information content (AvgIpc) is 2.24. The van der Waals surface area contributed by atoms with E-state index in [4.69, 9.17) is 11.6 Å². The summed E-state index contributed by atoms with van der Waals surface area (Å²) in [6, 6.07) is 7.01. The molecule has 0 bridgehead atoms. The Hall–Kier alpha value is -1.68. The first kappa shape index (κ1) is 10.8. The summed E-state index contributed by atoms with van der Waals surface area (Å²) in [5, 5.41) is 2.90. The maximum absolute atomic E-state index is 12.9. The molecule has 0 fully saturated rings. The number of halogens is 3. The van der Waals surface area contributed by atoms with Gasteiger partial charge in [-0.05, 0) is 24.3 Å². The number of nitrogens with zero attached hydrogens (tertiary/aromatic N) is 1. The topological polar surface area (TPSA) is 24.9 Å². The molecule has 0 saturated carbocycles. The first-order chi connectivity index (χ1) is 7.65. The van der Waals surface area contributed by atoms with Crippen molar-refractivity contribution in [3.8, 4) is 0 Å². The van der Waals surface area contributed by atoms with Gasteiger partial charge in [0.05, 0.1) is 5.02 Å². The van der Waals surface area contributed by atoms with Crippen molar-refractivity contribution in [1.29, 1.82) is 0 Å². The summed E-state index contributed by atoms with van der Waals surface area (Å²) in [7, 11) is 0. The van der Waals surface area contributed by atoms with Crippen molar-refractivity contribution in [3.63, 3.8) is 0 Å². The van der Waals surface area contributed by atoms with E-state index in [1.54, 1.807) is 6.07 Å². The van der Waals surface area contributed by atoms with Crippen LogP contribution in [0.4, 0.5) is 20.2 Å². The Morgan fingerprint density at radius 1 is 1.06 bits per heavy atom. The predicted octanol–water partition coefficient (Wildman–Crippen LogP) is 3.76. The molecule has 1 aromatic carbocycles. The zero-order valence-electron chi connectivity index (χ0n) is 8.05. The monoisotopic (exact) mass is 240 g/mol. The third-order valence-electron chi connectivity index (χ3n) is 1.93. The molecule has 5 heteroatoms. The molecule has 2 rings (SSSR count). The molecule has 0 aliphatic heterocycles. The van der Waals surface area contributed by atoms with Crippen LogP contribution in [-0.2, 0) is 0 Å². The molecule has 2 nitrogen and oxygen atoms in total. The van der Waals surface area contributed by atoms with Gasteiger partial charge in [-0.15, -0.1) is 0 Å². The van der Waals surface area contributed by atoms with E-state index < -0.39 is 11.8 Å². The van der Waals surface area contributed by atoms with Crippen LogP contribution in [0.2, 0.25) is 5.02 Å². The van der Waals surface area contributed by atoms with Gasteiger partial charge >= 0.3 is 0 Å². The van der Waals surface area contributed by atoms with Crippen LogP contribution < -0.4 is 5.32 Å². The molecule has 0 saturated heterocycles. The second kappa shape index (κ2) is 4.45. The van der Waals surface area contributed by atoms with E-state index in [1.165, 1.54) is 30.5 Å². The standard InChI is InChI=1S/C11H7ClF2N2/c12-9-5-7(1-2-10(9)13)16-8-3-4-15-11(14)6-8/h1-6H,(H,15,16). The molecule has 0 unspecified atom stereocenters. The Kier molecular flexibility index (Phi) is 3.01. The summed E-state index contributed by atoms with van der Waals surface area (Å²) < 4.78 is 25.6. The van der Waals surface area contributed by atoms with Crippen LogP contribution in [0.1, 0.15) is 0 Å². The van der Waals surface area contributed by atoms with Crippen LogP contribution in [0.5, 0.6) is 0 Å². The fraction of sp³-hybridized carbons (Fsp3) is 0. The van der Waals surface area contributed by atoms with Gasteiger partial charge in [-0.2, -0.15) is 4.39 Å². The molecular formula is C11H7ClF2N2. The zero-order valence-corrected chi connectivity index (χ0v) is 8.80. The molecule has 1 aromatic heterocycles. The van der Waals surface area contributed by atoms with E-state index in [2.05, 4.69) is 10.3 Å². The van der Waals surface area contributed by atoms with Crippen LogP contribution in [-0.4, -0.2) is 4.98 Å². The molecule has 0 radical (unpaired) electrons. The number of benzene rings is 1. The van der Waals surface area contributed by atoms with Crippen molar-refractivity contribution >= 4 is 23.0 Å². The van der Waals surface area contributed by atoms with Gasteiger partial charge in [0.1, 0.15) is 5.82 Å². The maximum atomic E-state index is 12.9. The minimum atomic E-state index is -0.585. The summed E-state index contributed by atoms with van der Waals surface area (Å²) in [6.45, 7) is 0. The van der Waals surface area contributed by atoms with Gasteiger partial charge in [0.2, 0.25) is 5.95 Å². The fourth-order valence-electron chi connectivity index (χ4n) is 1.22. The van der Waals surface area contributed by atoms with E-state index in [0.29, 0.717) is 11.4 Å². The lowest BCUT2D eigenvalue weighted by Gasteiger charge is -2.06. The summed E-state index contributed by atoms with van der Waals surface area (Å²) in [5.74, 6) is -1.08. The van der Waals surface area contributed by atoms with Crippen LogP contribution in [0, 0.1) is 11.8 Å². The molecule has 0 atom stereocenters. The lowest BCUT2D eigenvalue weighted by molar-refractivity contribution is 0.584. The molecule has 0 amide bonds. The third kappa shape index (κ3) is 2.46. The normalized spacial score (nSPS) is 10.2. The summed E-state index contributed by atoms with van der Waals surface area (Å²) in [5.41, 5.74) is 1.10. The number of nitrogens with one attached hydrogen (secondary N) is 1. The molecule has 1 N–H and O–H groups in total. The molecular weight excluding hydrogens is 234 g/mol. The molecule has 2 aromatic rings. The largest absolute Gasteiger partial charge is 0.355 e. The Morgan fingerprint density at radius 2 is 1.81 bits per heavy atom. The third-order valence-corrected chi connectivity index (χ3v) is 2.22. The Morgan fingerprint density at radius 3 is 2.50 bits per heavy atom. The minimum Gasteiger partial charge on any atom is -0.355 e. The predicted molar refractivity (Wildman–Crippen MR) is 58.9 cm³/mol. The smallest absolute Gasteiger partial charge is 0.214 e. The van der Waals surface area contributed by atoms with Crippen LogP contribution in [0.25, 0.3) is 0 Å². The van der Waals surface area contributed by atoms with Gasteiger partial charge in [-0.3, -0.25) is 0 Å². The van der Waals surface area contributed by atoms with Gasteiger partial charge in [-0.25, -0.2) is 9.37 Å². The Labute approximate surface area is 95.9 Å². The van der Waals surface area contributed by atoms with E-state index in [9.17, 15) is 8.78 Å². The lowest BCUT2D eigenvalue weighted by Crippen LogP contribution is -1.92. The van der Waals surface area contributed by atoms with E-state index in [1.807, 2.05) is 0 Å². The minimum absolute atomic E-state index is 0.0135. The second-order valence-electron chi connectivity index (χ2n) is 3.12. The van der Waals surface area contributed by atoms with Gasteiger partial charge in [-0.1, -0.05) is 11.6 Å². The van der Waals surface area contributed by atoms with E-state index >= 15 is 0 Å². The quantitative estimate of drug-likeness (QED) is 0.809. The summed E-state index contributed by atoms with van der Waals surface area (Å²) >= 11 is 5.61. The van der Waals surface area contributed by atoms with E-state index in [0.717, 1.165) is 0 Å². The van der Waals surface area contributed by atoms with Gasteiger partial charge in [0.15, 0.2) is 0 Å². The lowest BCUT2D eigenvalue weighted by atomic mass is 10.3. The molecule has 16 heavy (non-hydrogen) atoms. The molecule has 0 aliphatic rings. The number of hydrogen-bond donors (Lipinski definition) is 1. The van der Waals surface area contributed by atoms with Crippen molar-refractivity contribution in [2.24, 2.45) is 0 Å². The Bertz CT molecular complexity index is 517. The van der Waals surface area contributed by atoms with E-state index in [-0.39, 0.29) is 5.02 Å². The van der Waals surface area contributed by atoms with Crippen molar-refractivity contribution in [1.82, 2.24) is 4.98 Å². The zero-order chi connectivity index (χ0) is 11.5. The maximum Gasteiger partial charge on any atom is 0.214 e.